The molecule has 1 aromatic carbocycles. The molecule has 0 spiro atoms. The maximum Gasteiger partial charge on any atom is 0.211 e. The van der Waals surface area contributed by atoms with E-state index in [1.807, 2.05) is 36.2 Å². The van der Waals surface area contributed by atoms with Crippen LogP contribution in [0.5, 0.6) is 0 Å². The van der Waals surface area contributed by atoms with Crippen LogP contribution in [0.2, 0.25) is 0 Å². The fourth-order valence-electron chi connectivity index (χ4n) is 1.26. The Labute approximate surface area is 112 Å². The Morgan fingerprint density at radius 3 is 2.44 bits per heavy atom. The second-order valence-corrected chi connectivity index (χ2v) is 3.51. The molecule has 5 N–H and O–H groups in total. The second-order valence-electron chi connectivity index (χ2n) is 3.51. The normalized spacial score (nSPS) is 9.89. The molecule has 0 bridgehead atoms. The van der Waals surface area contributed by atoms with Gasteiger partial charge in [-0.3, -0.25) is 0 Å². The van der Waals surface area contributed by atoms with Gasteiger partial charge in [-0.05, 0) is 17.7 Å². The molecule has 0 amide bonds. The molecule has 0 aliphatic carbocycles. The van der Waals surface area contributed by atoms with Crippen LogP contribution < -0.4 is 16.4 Å². The molecular formula is C11H18ClN5O. The third-order valence-electron chi connectivity index (χ3n) is 2.15. The maximum absolute atomic E-state index is 8.82. The van der Waals surface area contributed by atoms with Gasteiger partial charge in [-0.2, -0.15) is 5.10 Å². The molecule has 0 aliphatic heterocycles. The highest BCUT2D eigenvalue weighted by atomic mass is 35.5. The summed E-state index contributed by atoms with van der Waals surface area (Å²) in [5.41, 5.74) is 12.2. The van der Waals surface area contributed by atoms with Crippen molar-refractivity contribution in [2.45, 2.75) is 0 Å². The zero-order valence-corrected chi connectivity index (χ0v) is 11.0. The molecule has 6 nitrogen and oxygen atoms in total. The van der Waals surface area contributed by atoms with Crippen LogP contribution in [0.25, 0.3) is 0 Å². The highest BCUT2D eigenvalue weighted by molar-refractivity contribution is 5.85. The van der Waals surface area contributed by atoms with Crippen molar-refractivity contribution in [2.75, 3.05) is 25.1 Å². The lowest BCUT2D eigenvalue weighted by atomic mass is 10.2. The van der Waals surface area contributed by atoms with Gasteiger partial charge in [0.25, 0.3) is 0 Å². The predicted molar refractivity (Wildman–Crippen MR) is 77.4 cm³/mol. The molecule has 0 saturated carbocycles. The van der Waals surface area contributed by atoms with Crippen LogP contribution in [0.15, 0.2) is 34.5 Å². The summed E-state index contributed by atoms with van der Waals surface area (Å²) in [6.07, 6.45) is 1.57. The summed E-state index contributed by atoms with van der Waals surface area (Å²) >= 11 is 0. The van der Waals surface area contributed by atoms with Crippen LogP contribution in [0.3, 0.4) is 0 Å². The van der Waals surface area contributed by atoms with E-state index in [4.69, 9.17) is 16.6 Å². The van der Waals surface area contributed by atoms with E-state index >= 15 is 0 Å². The number of nitrogens with zero attached hydrogens (tertiary/aromatic N) is 3. The van der Waals surface area contributed by atoms with E-state index in [1.54, 1.807) is 6.21 Å². The standard InChI is InChI=1S/C11H17N5O.ClH/c1-16(6-7-17)10-4-2-9(3-5-10)8-14-15-11(12)13;/h2-5,8,17H,6-7H2,1H3,(H4,12,13,15);1H. The lowest BCUT2D eigenvalue weighted by Gasteiger charge is -2.17. The van der Waals surface area contributed by atoms with Crippen LogP contribution in [0, 0.1) is 0 Å². The smallest absolute Gasteiger partial charge is 0.211 e. The van der Waals surface area contributed by atoms with Crippen molar-refractivity contribution in [2.24, 2.45) is 21.7 Å². The summed E-state index contributed by atoms with van der Waals surface area (Å²) in [5, 5.41) is 16.0. The van der Waals surface area contributed by atoms with Gasteiger partial charge in [0.1, 0.15) is 0 Å². The number of aliphatic hydroxyl groups is 1. The number of rotatable bonds is 5. The third-order valence-corrected chi connectivity index (χ3v) is 2.15. The number of halogens is 1. The summed E-state index contributed by atoms with van der Waals surface area (Å²) in [6, 6.07) is 7.67. The first-order valence-corrected chi connectivity index (χ1v) is 5.17. The molecule has 0 heterocycles. The van der Waals surface area contributed by atoms with Gasteiger partial charge in [0.2, 0.25) is 5.96 Å². The predicted octanol–water partition coefficient (Wildman–Crippen LogP) is 0.144. The van der Waals surface area contributed by atoms with Crippen LogP contribution >= 0.6 is 12.4 Å². The average Bonchev–Trinajstić information content (AvgIpc) is 2.30. The Balaban J connectivity index is 0.00000289. The number of aliphatic hydroxyl groups excluding tert-OH is 1. The minimum atomic E-state index is -0.0689. The van der Waals surface area contributed by atoms with Gasteiger partial charge in [-0.25, -0.2) is 0 Å². The number of hydrogen-bond acceptors (Lipinski definition) is 4. The molecule has 0 aliphatic rings. The van der Waals surface area contributed by atoms with Gasteiger partial charge >= 0.3 is 0 Å². The molecule has 18 heavy (non-hydrogen) atoms. The summed E-state index contributed by atoms with van der Waals surface area (Å²) in [5.74, 6) is -0.0689. The molecule has 7 heteroatoms. The number of likely N-dealkylation sites (N-methyl/N-ethyl adjacent to an activating group) is 1. The molecule has 0 radical (unpaired) electrons. The Kier molecular flexibility index (Phi) is 7.50. The van der Waals surface area contributed by atoms with E-state index in [1.165, 1.54) is 0 Å². The maximum atomic E-state index is 8.82. The number of nitrogens with two attached hydrogens (primary N) is 2. The van der Waals surface area contributed by atoms with E-state index in [2.05, 4.69) is 10.2 Å². The fraction of sp³-hybridized carbons (Fsp3) is 0.273. The third kappa shape index (κ3) is 5.51. The topological polar surface area (TPSA) is 100 Å². The van der Waals surface area contributed by atoms with Crippen LogP contribution in [-0.4, -0.2) is 37.5 Å². The Morgan fingerprint density at radius 1 is 1.33 bits per heavy atom. The zero-order valence-electron chi connectivity index (χ0n) is 10.2. The largest absolute Gasteiger partial charge is 0.395 e. The molecule has 0 aromatic heterocycles. The molecular weight excluding hydrogens is 254 g/mol. The number of benzene rings is 1. The Hall–Kier alpha value is -1.79. The van der Waals surface area contributed by atoms with Crippen molar-refractivity contribution in [3.63, 3.8) is 0 Å². The van der Waals surface area contributed by atoms with Gasteiger partial charge in [0.05, 0.1) is 12.8 Å². The van der Waals surface area contributed by atoms with E-state index in [9.17, 15) is 0 Å². The molecule has 0 fully saturated rings. The van der Waals surface area contributed by atoms with Crippen molar-refractivity contribution >= 4 is 30.3 Å². The van der Waals surface area contributed by atoms with Crippen molar-refractivity contribution < 1.29 is 5.11 Å². The first kappa shape index (κ1) is 16.2. The Bertz CT molecular complexity index is 400. The summed E-state index contributed by atoms with van der Waals surface area (Å²) in [6.45, 7) is 0.728. The van der Waals surface area contributed by atoms with Gasteiger partial charge in [-0.15, -0.1) is 17.5 Å². The molecule has 1 aromatic rings. The van der Waals surface area contributed by atoms with E-state index in [0.29, 0.717) is 6.54 Å². The van der Waals surface area contributed by atoms with Crippen LogP contribution in [-0.2, 0) is 0 Å². The van der Waals surface area contributed by atoms with Gasteiger partial charge < -0.3 is 21.5 Å². The van der Waals surface area contributed by atoms with Crippen molar-refractivity contribution in [1.82, 2.24) is 0 Å². The van der Waals surface area contributed by atoms with Crippen molar-refractivity contribution in [3.8, 4) is 0 Å². The summed E-state index contributed by atoms with van der Waals surface area (Å²) in [7, 11) is 1.92. The molecule has 0 saturated heterocycles. The van der Waals surface area contributed by atoms with E-state index < -0.39 is 0 Å². The first-order valence-electron chi connectivity index (χ1n) is 5.17. The van der Waals surface area contributed by atoms with E-state index in [0.717, 1.165) is 11.3 Å². The highest BCUT2D eigenvalue weighted by Crippen LogP contribution is 2.12. The van der Waals surface area contributed by atoms with E-state index in [-0.39, 0.29) is 25.0 Å². The van der Waals surface area contributed by atoms with Crippen LogP contribution in [0.4, 0.5) is 5.69 Å². The number of anilines is 1. The highest BCUT2D eigenvalue weighted by Gasteiger charge is 1.98. The summed E-state index contributed by atoms with van der Waals surface area (Å²) in [4.78, 5) is 1.96. The number of hydrogen-bond donors (Lipinski definition) is 3. The molecule has 0 unspecified atom stereocenters. The minimum absolute atomic E-state index is 0. The molecule has 100 valence electrons. The monoisotopic (exact) mass is 271 g/mol. The first-order chi connectivity index (χ1) is 8.13. The van der Waals surface area contributed by atoms with Gasteiger partial charge in [0.15, 0.2) is 0 Å². The average molecular weight is 272 g/mol. The van der Waals surface area contributed by atoms with Gasteiger partial charge in [-0.1, -0.05) is 12.1 Å². The summed E-state index contributed by atoms with van der Waals surface area (Å²) < 4.78 is 0. The van der Waals surface area contributed by atoms with Crippen molar-refractivity contribution in [3.05, 3.63) is 29.8 Å². The SMILES string of the molecule is CN(CCO)c1ccc(C=NN=C(N)N)cc1.Cl. The number of guanidine groups is 1. The Morgan fingerprint density at radius 2 is 1.94 bits per heavy atom. The minimum Gasteiger partial charge on any atom is -0.395 e. The fourth-order valence-corrected chi connectivity index (χ4v) is 1.26. The lowest BCUT2D eigenvalue weighted by molar-refractivity contribution is 0.304. The molecule has 0 atom stereocenters. The second kappa shape index (κ2) is 8.32. The van der Waals surface area contributed by atoms with Crippen molar-refractivity contribution in [1.29, 1.82) is 0 Å². The zero-order chi connectivity index (χ0) is 12.7. The van der Waals surface area contributed by atoms with Gasteiger partial charge in [0, 0.05) is 19.3 Å². The van der Waals surface area contributed by atoms with Crippen LogP contribution in [0.1, 0.15) is 5.56 Å². The quantitative estimate of drug-likeness (QED) is 0.403. The lowest BCUT2D eigenvalue weighted by Crippen LogP contribution is -2.21. The molecule has 1 rings (SSSR count).